The summed E-state index contributed by atoms with van der Waals surface area (Å²) in [6.07, 6.45) is 1.21. The van der Waals surface area contributed by atoms with Crippen LogP contribution in [-0.4, -0.2) is 37.7 Å². The molecule has 0 amide bonds. The Morgan fingerprint density at radius 3 is 2.78 bits per heavy atom. The number of fused-ring (bicyclic) bond motifs is 1. The van der Waals surface area contributed by atoms with Gasteiger partial charge in [0.1, 0.15) is 0 Å². The standard InChI is InChI=1S/C15H22N2O/c1-11-9-12(2)15-13(10-11)16-4-3-14(15)17-5-7-18-8-6-17/h9-10,14,16H,3-8H2,1-2H3. The molecule has 0 radical (unpaired) electrons. The molecular weight excluding hydrogens is 224 g/mol. The van der Waals surface area contributed by atoms with Crippen LogP contribution >= 0.6 is 0 Å². The van der Waals surface area contributed by atoms with Crippen molar-refractivity contribution in [1.82, 2.24) is 4.90 Å². The minimum atomic E-state index is 0.575. The number of aryl methyl sites for hydroxylation is 2. The number of anilines is 1. The zero-order valence-electron chi connectivity index (χ0n) is 11.3. The van der Waals surface area contributed by atoms with Crippen molar-refractivity contribution in [2.45, 2.75) is 26.3 Å². The molecule has 1 atom stereocenters. The first-order chi connectivity index (χ1) is 8.75. The molecule has 2 heterocycles. The minimum Gasteiger partial charge on any atom is -0.385 e. The fourth-order valence-corrected chi connectivity index (χ4v) is 3.31. The molecule has 1 fully saturated rings. The molecule has 0 aromatic heterocycles. The van der Waals surface area contributed by atoms with Crippen LogP contribution in [0.3, 0.4) is 0 Å². The van der Waals surface area contributed by atoms with Gasteiger partial charge in [-0.1, -0.05) is 6.07 Å². The lowest BCUT2D eigenvalue weighted by Crippen LogP contribution is -2.41. The number of nitrogens with zero attached hydrogens (tertiary/aromatic N) is 1. The van der Waals surface area contributed by atoms with Crippen LogP contribution in [0, 0.1) is 13.8 Å². The number of hydrogen-bond acceptors (Lipinski definition) is 3. The van der Waals surface area contributed by atoms with Crippen molar-refractivity contribution in [3.8, 4) is 0 Å². The van der Waals surface area contributed by atoms with E-state index in [4.69, 9.17) is 4.74 Å². The van der Waals surface area contributed by atoms with E-state index in [0.717, 1.165) is 32.8 Å². The van der Waals surface area contributed by atoms with Crippen molar-refractivity contribution in [3.63, 3.8) is 0 Å². The monoisotopic (exact) mass is 246 g/mol. The fourth-order valence-electron chi connectivity index (χ4n) is 3.31. The second kappa shape index (κ2) is 4.90. The molecule has 1 aromatic carbocycles. The van der Waals surface area contributed by atoms with Crippen molar-refractivity contribution < 1.29 is 4.74 Å². The summed E-state index contributed by atoms with van der Waals surface area (Å²) in [7, 11) is 0. The van der Waals surface area contributed by atoms with Crippen molar-refractivity contribution in [1.29, 1.82) is 0 Å². The van der Waals surface area contributed by atoms with Crippen LogP contribution in [0.15, 0.2) is 12.1 Å². The molecule has 1 N–H and O–H groups in total. The molecule has 0 aliphatic carbocycles. The van der Waals surface area contributed by atoms with Crippen LogP contribution in [0.5, 0.6) is 0 Å². The summed E-state index contributed by atoms with van der Waals surface area (Å²) in [5, 5.41) is 3.56. The van der Waals surface area contributed by atoms with E-state index < -0.39 is 0 Å². The van der Waals surface area contributed by atoms with Gasteiger partial charge < -0.3 is 10.1 Å². The highest BCUT2D eigenvalue weighted by molar-refractivity contribution is 5.59. The molecule has 1 aromatic rings. The molecule has 98 valence electrons. The first kappa shape index (κ1) is 12.0. The van der Waals surface area contributed by atoms with Gasteiger partial charge in [0.15, 0.2) is 0 Å². The van der Waals surface area contributed by atoms with E-state index in [1.807, 2.05) is 0 Å². The van der Waals surface area contributed by atoms with Crippen molar-refractivity contribution in [3.05, 3.63) is 28.8 Å². The minimum absolute atomic E-state index is 0.575. The summed E-state index contributed by atoms with van der Waals surface area (Å²) in [4.78, 5) is 2.59. The van der Waals surface area contributed by atoms with Crippen LogP contribution in [-0.2, 0) is 4.74 Å². The number of morpholine rings is 1. The van der Waals surface area contributed by atoms with Gasteiger partial charge in [-0.05, 0) is 43.0 Å². The zero-order valence-corrected chi connectivity index (χ0v) is 11.3. The second-order valence-electron chi connectivity index (χ2n) is 5.42. The topological polar surface area (TPSA) is 24.5 Å². The molecule has 1 unspecified atom stereocenters. The van der Waals surface area contributed by atoms with E-state index in [1.165, 1.54) is 28.8 Å². The Kier molecular flexibility index (Phi) is 3.27. The van der Waals surface area contributed by atoms with E-state index in [1.54, 1.807) is 0 Å². The molecule has 2 aliphatic rings. The third kappa shape index (κ3) is 2.13. The predicted molar refractivity (Wildman–Crippen MR) is 74.2 cm³/mol. The molecule has 3 heteroatoms. The fraction of sp³-hybridized carbons (Fsp3) is 0.600. The van der Waals surface area contributed by atoms with Gasteiger partial charge in [0.2, 0.25) is 0 Å². The van der Waals surface area contributed by atoms with Gasteiger partial charge in [-0.25, -0.2) is 0 Å². The van der Waals surface area contributed by atoms with E-state index in [9.17, 15) is 0 Å². The summed E-state index contributed by atoms with van der Waals surface area (Å²) in [5.74, 6) is 0. The smallest absolute Gasteiger partial charge is 0.0594 e. The van der Waals surface area contributed by atoms with E-state index in [-0.39, 0.29) is 0 Å². The number of rotatable bonds is 1. The van der Waals surface area contributed by atoms with Crippen LogP contribution in [0.2, 0.25) is 0 Å². The van der Waals surface area contributed by atoms with E-state index in [0.29, 0.717) is 6.04 Å². The summed E-state index contributed by atoms with van der Waals surface area (Å²) >= 11 is 0. The average molecular weight is 246 g/mol. The Balaban J connectivity index is 1.95. The maximum atomic E-state index is 5.47. The van der Waals surface area contributed by atoms with Gasteiger partial charge in [-0.15, -0.1) is 0 Å². The quantitative estimate of drug-likeness (QED) is 0.824. The molecule has 0 bridgehead atoms. The van der Waals surface area contributed by atoms with Gasteiger partial charge in [-0.3, -0.25) is 4.90 Å². The maximum absolute atomic E-state index is 5.47. The van der Waals surface area contributed by atoms with Crippen LogP contribution < -0.4 is 5.32 Å². The summed E-state index contributed by atoms with van der Waals surface area (Å²) in [6.45, 7) is 9.39. The van der Waals surface area contributed by atoms with E-state index in [2.05, 4.69) is 36.2 Å². The van der Waals surface area contributed by atoms with Crippen LogP contribution in [0.25, 0.3) is 0 Å². The van der Waals surface area contributed by atoms with Gasteiger partial charge in [0, 0.05) is 31.4 Å². The Bertz CT molecular complexity index is 438. The molecule has 3 rings (SSSR count). The molecule has 0 saturated carbocycles. The van der Waals surface area contributed by atoms with Crippen LogP contribution in [0.1, 0.15) is 29.2 Å². The maximum Gasteiger partial charge on any atom is 0.0594 e. The highest BCUT2D eigenvalue weighted by Gasteiger charge is 2.28. The van der Waals surface area contributed by atoms with Gasteiger partial charge >= 0.3 is 0 Å². The number of nitrogens with one attached hydrogen (secondary N) is 1. The van der Waals surface area contributed by atoms with Crippen molar-refractivity contribution in [2.24, 2.45) is 0 Å². The second-order valence-corrected chi connectivity index (χ2v) is 5.42. The first-order valence-corrected chi connectivity index (χ1v) is 6.92. The molecular formula is C15H22N2O. The first-order valence-electron chi connectivity index (χ1n) is 6.92. The third-order valence-corrected chi connectivity index (χ3v) is 4.08. The lowest BCUT2D eigenvalue weighted by molar-refractivity contribution is 0.0143. The predicted octanol–water partition coefficient (Wildman–Crippen LogP) is 2.49. The van der Waals surface area contributed by atoms with Crippen molar-refractivity contribution >= 4 is 5.69 Å². The Morgan fingerprint density at radius 1 is 1.22 bits per heavy atom. The van der Waals surface area contributed by atoms with Gasteiger partial charge in [0.25, 0.3) is 0 Å². The van der Waals surface area contributed by atoms with Gasteiger partial charge in [-0.2, -0.15) is 0 Å². The van der Waals surface area contributed by atoms with Crippen molar-refractivity contribution in [2.75, 3.05) is 38.2 Å². The number of benzene rings is 1. The highest BCUT2D eigenvalue weighted by Crippen LogP contribution is 2.37. The third-order valence-electron chi connectivity index (χ3n) is 4.08. The normalized spacial score (nSPS) is 24.4. The summed E-state index contributed by atoms with van der Waals surface area (Å²) in [5.41, 5.74) is 5.62. The van der Waals surface area contributed by atoms with Gasteiger partial charge in [0.05, 0.1) is 13.2 Å². The number of hydrogen-bond donors (Lipinski definition) is 1. The molecule has 18 heavy (non-hydrogen) atoms. The highest BCUT2D eigenvalue weighted by atomic mass is 16.5. The molecule has 2 aliphatic heterocycles. The average Bonchev–Trinajstić information content (AvgIpc) is 2.38. The Morgan fingerprint density at radius 2 is 2.00 bits per heavy atom. The molecule has 1 saturated heterocycles. The largest absolute Gasteiger partial charge is 0.385 e. The summed E-state index contributed by atoms with van der Waals surface area (Å²) < 4.78 is 5.47. The lowest BCUT2D eigenvalue weighted by atomic mass is 9.91. The Hall–Kier alpha value is -1.06. The lowest BCUT2D eigenvalue weighted by Gasteiger charge is -2.39. The number of ether oxygens (including phenoxy) is 1. The molecule has 0 spiro atoms. The molecule has 3 nitrogen and oxygen atoms in total. The van der Waals surface area contributed by atoms with E-state index >= 15 is 0 Å². The SMILES string of the molecule is Cc1cc(C)c2c(c1)NCCC2N1CCOCC1. The zero-order chi connectivity index (χ0) is 12.5. The Labute approximate surface area is 109 Å². The van der Waals surface area contributed by atoms with Crippen LogP contribution in [0.4, 0.5) is 5.69 Å². The summed E-state index contributed by atoms with van der Waals surface area (Å²) in [6, 6.07) is 5.17.